The molecule has 2 aromatic rings. The van der Waals surface area contributed by atoms with Crippen LogP contribution in [0.2, 0.25) is 0 Å². The molecule has 1 unspecified atom stereocenters. The van der Waals surface area contributed by atoms with Gasteiger partial charge in [-0.05, 0) is 30.9 Å². The molecule has 1 fully saturated rings. The van der Waals surface area contributed by atoms with E-state index in [1.54, 1.807) is 6.26 Å². The van der Waals surface area contributed by atoms with E-state index in [0.717, 1.165) is 22.1 Å². The summed E-state index contributed by atoms with van der Waals surface area (Å²) in [5, 5.41) is 3.78. The Hall–Kier alpha value is -1.82. The predicted molar refractivity (Wildman–Crippen MR) is 84.4 cm³/mol. The zero-order chi connectivity index (χ0) is 15.7. The lowest BCUT2D eigenvalue weighted by Gasteiger charge is -2.09. The SMILES string of the molecule is Cc1ccc2c(CC(=O)NCC3CCS(=O)(=O)C3)coc2c1. The van der Waals surface area contributed by atoms with E-state index >= 15 is 0 Å². The fourth-order valence-corrected chi connectivity index (χ4v) is 4.72. The van der Waals surface area contributed by atoms with Gasteiger partial charge in [0.25, 0.3) is 0 Å². The van der Waals surface area contributed by atoms with Gasteiger partial charge in [0.05, 0.1) is 24.2 Å². The molecule has 118 valence electrons. The molecule has 0 aliphatic carbocycles. The van der Waals surface area contributed by atoms with E-state index in [2.05, 4.69) is 5.32 Å². The molecule has 3 rings (SSSR count). The summed E-state index contributed by atoms with van der Waals surface area (Å²) in [6.07, 6.45) is 2.50. The van der Waals surface area contributed by atoms with Crippen LogP contribution >= 0.6 is 0 Å². The normalized spacial score (nSPS) is 20.3. The number of carbonyl (C=O) groups excluding carboxylic acids is 1. The molecule has 1 aliphatic rings. The molecule has 1 aromatic carbocycles. The van der Waals surface area contributed by atoms with Crippen LogP contribution in [-0.4, -0.2) is 32.4 Å². The summed E-state index contributed by atoms with van der Waals surface area (Å²) >= 11 is 0. The van der Waals surface area contributed by atoms with Crippen molar-refractivity contribution in [3.63, 3.8) is 0 Å². The van der Waals surface area contributed by atoms with E-state index in [-0.39, 0.29) is 29.8 Å². The zero-order valence-electron chi connectivity index (χ0n) is 12.5. The van der Waals surface area contributed by atoms with Crippen LogP contribution in [0.5, 0.6) is 0 Å². The third kappa shape index (κ3) is 3.32. The summed E-state index contributed by atoms with van der Waals surface area (Å²) < 4.78 is 28.3. The minimum atomic E-state index is -2.89. The monoisotopic (exact) mass is 321 g/mol. The average molecular weight is 321 g/mol. The number of fused-ring (bicyclic) bond motifs is 1. The Morgan fingerprint density at radius 1 is 1.41 bits per heavy atom. The maximum atomic E-state index is 12.0. The molecule has 1 N–H and O–H groups in total. The average Bonchev–Trinajstić information content (AvgIpc) is 3.00. The second-order valence-corrected chi connectivity index (χ2v) is 8.24. The van der Waals surface area contributed by atoms with E-state index in [1.165, 1.54) is 0 Å². The minimum absolute atomic E-state index is 0.0395. The Labute approximate surface area is 129 Å². The van der Waals surface area contributed by atoms with Crippen LogP contribution in [0.25, 0.3) is 11.0 Å². The minimum Gasteiger partial charge on any atom is -0.464 e. The molecule has 0 saturated carbocycles. The first-order valence-corrected chi connectivity index (χ1v) is 9.19. The largest absolute Gasteiger partial charge is 0.464 e. The lowest BCUT2D eigenvalue weighted by molar-refractivity contribution is -0.120. The number of hydrogen-bond donors (Lipinski definition) is 1. The van der Waals surface area contributed by atoms with E-state index in [0.29, 0.717) is 13.0 Å². The Bertz CT molecular complexity index is 807. The van der Waals surface area contributed by atoms with Gasteiger partial charge in [0.1, 0.15) is 5.58 Å². The van der Waals surface area contributed by atoms with Crippen molar-refractivity contribution in [3.8, 4) is 0 Å². The van der Waals surface area contributed by atoms with E-state index in [9.17, 15) is 13.2 Å². The van der Waals surface area contributed by atoms with Crippen molar-refractivity contribution in [1.29, 1.82) is 0 Å². The number of benzene rings is 1. The molecule has 0 spiro atoms. The number of amides is 1. The molecule has 6 heteroatoms. The summed E-state index contributed by atoms with van der Waals surface area (Å²) in [4.78, 5) is 12.0. The number of rotatable bonds is 4. The summed E-state index contributed by atoms with van der Waals surface area (Å²) in [5.74, 6) is 0.353. The molecule has 22 heavy (non-hydrogen) atoms. The molecule has 1 atom stereocenters. The fourth-order valence-electron chi connectivity index (χ4n) is 2.85. The van der Waals surface area contributed by atoms with Crippen LogP contribution in [0.3, 0.4) is 0 Å². The van der Waals surface area contributed by atoms with Crippen LogP contribution in [-0.2, 0) is 21.1 Å². The molecular weight excluding hydrogens is 302 g/mol. The van der Waals surface area contributed by atoms with Gasteiger partial charge in [-0.2, -0.15) is 0 Å². The maximum absolute atomic E-state index is 12.0. The number of aryl methyl sites for hydroxylation is 1. The first-order chi connectivity index (χ1) is 10.4. The van der Waals surface area contributed by atoms with Gasteiger partial charge in [-0.25, -0.2) is 8.42 Å². The molecule has 5 nitrogen and oxygen atoms in total. The molecule has 0 radical (unpaired) electrons. The first kappa shape index (κ1) is 15.1. The van der Waals surface area contributed by atoms with Crippen LogP contribution in [0.15, 0.2) is 28.9 Å². The molecular formula is C16H19NO4S. The van der Waals surface area contributed by atoms with Gasteiger partial charge >= 0.3 is 0 Å². The Morgan fingerprint density at radius 3 is 2.95 bits per heavy atom. The maximum Gasteiger partial charge on any atom is 0.224 e. The van der Waals surface area contributed by atoms with E-state index < -0.39 is 9.84 Å². The van der Waals surface area contributed by atoms with Gasteiger partial charge in [-0.15, -0.1) is 0 Å². The number of sulfone groups is 1. The highest BCUT2D eigenvalue weighted by Crippen LogP contribution is 2.23. The van der Waals surface area contributed by atoms with Crippen molar-refractivity contribution in [1.82, 2.24) is 5.32 Å². The van der Waals surface area contributed by atoms with Gasteiger partial charge in [0.15, 0.2) is 9.84 Å². The molecule has 0 bridgehead atoms. The Morgan fingerprint density at radius 2 is 2.23 bits per heavy atom. The summed E-state index contributed by atoms with van der Waals surface area (Å²) in [7, 11) is -2.89. The predicted octanol–water partition coefficient (Wildman–Crippen LogP) is 1.83. The van der Waals surface area contributed by atoms with Crippen molar-refractivity contribution in [2.45, 2.75) is 19.8 Å². The number of nitrogens with one attached hydrogen (secondary N) is 1. The molecule has 1 amide bonds. The topological polar surface area (TPSA) is 76.4 Å². The quantitative estimate of drug-likeness (QED) is 0.932. The third-order valence-electron chi connectivity index (χ3n) is 4.08. The Kier molecular flexibility index (Phi) is 3.95. The van der Waals surface area contributed by atoms with Crippen molar-refractivity contribution in [2.24, 2.45) is 5.92 Å². The summed E-state index contributed by atoms with van der Waals surface area (Å²) in [6.45, 7) is 2.41. The second kappa shape index (κ2) is 5.76. The zero-order valence-corrected chi connectivity index (χ0v) is 13.3. The lowest BCUT2D eigenvalue weighted by Crippen LogP contribution is -2.30. The van der Waals surface area contributed by atoms with Gasteiger partial charge in [0, 0.05) is 17.5 Å². The molecule has 1 aliphatic heterocycles. The molecule has 1 saturated heterocycles. The number of hydrogen-bond acceptors (Lipinski definition) is 4. The fraction of sp³-hybridized carbons (Fsp3) is 0.438. The molecule has 2 heterocycles. The van der Waals surface area contributed by atoms with Crippen molar-refractivity contribution in [2.75, 3.05) is 18.1 Å². The highest BCUT2D eigenvalue weighted by atomic mass is 32.2. The highest BCUT2D eigenvalue weighted by Gasteiger charge is 2.27. The van der Waals surface area contributed by atoms with Crippen molar-refractivity contribution in [3.05, 3.63) is 35.6 Å². The smallest absolute Gasteiger partial charge is 0.224 e. The van der Waals surface area contributed by atoms with Crippen LogP contribution in [0.4, 0.5) is 0 Å². The highest BCUT2D eigenvalue weighted by molar-refractivity contribution is 7.91. The van der Waals surface area contributed by atoms with Crippen molar-refractivity contribution < 1.29 is 17.6 Å². The van der Waals surface area contributed by atoms with Crippen molar-refractivity contribution >= 4 is 26.7 Å². The number of furan rings is 1. The number of carbonyl (C=O) groups is 1. The Balaban J connectivity index is 1.59. The third-order valence-corrected chi connectivity index (χ3v) is 5.91. The summed E-state index contributed by atoms with van der Waals surface area (Å²) in [6, 6.07) is 5.89. The van der Waals surface area contributed by atoms with Gasteiger partial charge in [0.2, 0.25) is 5.91 Å². The van der Waals surface area contributed by atoms with Gasteiger partial charge in [-0.3, -0.25) is 4.79 Å². The summed E-state index contributed by atoms with van der Waals surface area (Å²) in [5.41, 5.74) is 2.75. The van der Waals surface area contributed by atoms with Gasteiger partial charge < -0.3 is 9.73 Å². The van der Waals surface area contributed by atoms with Crippen LogP contribution < -0.4 is 5.32 Å². The van der Waals surface area contributed by atoms with E-state index in [4.69, 9.17) is 4.42 Å². The van der Waals surface area contributed by atoms with E-state index in [1.807, 2.05) is 25.1 Å². The standard InChI is InChI=1S/C16H19NO4S/c1-11-2-3-14-13(9-21-15(14)6-11)7-16(18)17-8-12-4-5-22(19,20)10-12/h2-3,6,9,12H,4-5,7-8,10H2,1H3,(H,17,18). The van der Waals surface area contributed by atoms with Crippen LogP contribution in [0.1, 0.15) is 17.5 Å². The van der Waals surface area contributed by atoms with Crippen LogP contribution in [0, 0.1) is 12.8 Å². The molecule has 1 aromatic heterocycles. The first-order valence-electron chi connectivity index (χ1n) is 7.37. The lowest BCUT2D eigenvalue weighted by atomic mass is 10.1. The second-order valence-electron chi connectivity index (χ2n) is 6.01. The van der Waals surface area contributed by atoms with Gasteiger partial charge in [-0.1, -0.05) is 12.1 Å².